The van der Waals surface area contributed by atoms with Gasteiger partial charge in [0.05, 0.1) is 0 Å². The predicted molar refractivity (Wildman–Crippen MR) is 78.2 cm³/mol. The number of nitrogens with one attached hydrogen (secondary N) is 2. The van der Waals surface area contributed by atoms with Crippen LogP contribution in [0.3, 0.4) is 0 Å². The molecule has 3 nitrogen and oxygen atoms in total. The Morgan fingerprint density at radius 1 is 1.65 bits per heavy atom. The lowest BCUT2D eigenvalue weighted by Crippen LogP contribution is -2.34. The van der Waals surface area contributed by atoms with Crippen LogP contribution in [0.25, 0.3) is 0 Å². The van der Waals surface area contributed by atoms with Crippen LogP contribution in [0.5, 0.6) is 0 Å². The van der Waals surface area contributed by atoms with Gasteiger partial charge in [-0.15, -0.1) is 6.58 Å². The van der Waals surface area contributed by atoms with Crippen molar-refractivity contribution < 1.29 is 0 Å². The van der Waals surface area contributed by atoms with Crippen molar-refractivity contribution in [3.63, 3.8) is 0 Å². The van der Waals surface area contributed by atoms with Gasteiger partial charge in [-0.25, -0.2) is 0 Å². The molecule has 0 amide bonds. The summed E-state index contributed by atoms with van der Waals surface area (Å²) in [7, 11) is 0. The van der Waals surface area contributed by atoms with Gasteiger partial charge in [-0.3, -0.25) is 5.43 Å². The zero-order chi connectivity index (χ0) is 12.9. The Hall–Kier alpha value is -0.900. The smallest absolute Gasteiger partial charge is 0.187 e. The maximum atomic E-state index is 5.10. The van der Waals surface area contributed by atoms with Gasteiger partial charge in [0, 0.05) is 12.3 Å². The summed E-state index contributed by atoms with van der Waals surface area (Å²) in [5.74, 6) is 0.703. The molecule has 0 radical (unpaired) electrons. The summed E-state index contributed by atoms with van der Waals surface area (Å²) < 4.78 is 0. The molecule has 0 aromatic carbocycles. The predicted octanol–water partition coefficient (Wildman–Crippen LogP) is 2.84. The summed E-state index contributed by atoms with van der Waals surface area (Å²) in [6.45, 7) is 11.2. The highest BCUT2D eigenvalue weighted by atomic mass is 32.1. The molecule has 0 aromatic rings. The van der Waals surface area contributed by atoms with E-state index in [-0.39, 0.29) is 0 Å². The zero-order valence-electron chi connectivity index (χ0n) is 11.0. The van der Waals surface area contributed by atoms with Gasteiger partial charge in [0.1, 0.15) is 0 Å². The number of nitrogens with zero attached hydrogens (tertiary/aromatic N) is 1. The fourth-order valence-corrected chi connectivity index (χ4v) is 2.66. The van der Waals surface area contributed by atoms with E-state index in [0.29, 0.717) is 23.0 Å². The summed E-state index contributed by atoms with van der Waals surface area (Å²) in [4.78, 5) is 0. The van der Waals surface area contributed by atoms with E-state index in [0.717, 1.165) is 12.8 Å². The van der Waals surface area contributed by atoms with Crippen molar-refractivity contribution in [3.8, 4) is 0 Å². The van der Waals surface area contributed by atoms with Crippen LogP contribution in [0.1, 0.15) is 40.0 Å². The highest BCUT2D eigenvalue weighted by Crippen LogP contribution is 2.36. The largest absolute Gasteiger partial charge is 0.358 e. The fraction of sp³-hybridized carbons (Fsp3) is 0.692. The van der Waals surface area contributed by atoms with E-state index in [9.17, 15) is 0 Å². The fourth-order valence-electron chi connectivity index (χ4n) is 2.53. The summed E-state index contributed by atoms with van der Waals surface area (Å²) in [5.41, 5.74) is 4.48. The third-order valence-electron chi connectivity index (χ3n) is 2.89. The lowest BCUT2D eigenvalue weighted by molar-refractivity contribution is 0.265. The number of hydrogen-bond acceptors (Lipinski definition) is 2. The number of rotatable bonds is 3. The van der Waals surface area contributed by atoms with Gasteiger partial charge in [-0.2, -0.15) is 5.10 Å². The average Bonchev–Trinajstić information content (AvgIpc) is 2.20. The first-order chi connectivity index (χ1) is 7.93. The van der Waals surface area contributed by atoms with Gasteiger partial charge in [-0.1, -0.05) is 26.8 Å². The Labute approximate surface area is 110 Å². The van der Waals surface area contributed by atoms with Crippen molar-refractivity contribution in [3.05, 3.63) is 12.7 Å². The Kier molecular flexibility index (Phi) is 5.12. The van der Waals surface area contributed by atoms with Gasteiger partial charge >= 0.3 is 0 Å². The van der Waals surface area contributed by atoms with Crippen LogP contribution in [0, 0.1) is 11.3 Å². The molecule has 1 saturated carbocycles. The maximum absolute atomic E-state index is 5.10. The molecule has 0 heterocycles. The van der Waals surface area contributed by atoms with E-state index < -0.39 is 0 Å². The minimum absolute atomic E-state index is 0.355. The van der Waals surface area contributed by atoms with Crippen LogP contribution in [-0.4, -0.2) is 17.4 Å². The van der Waals surface area contributed by atoms with E-state index in [4.69, 9.17) is 12.2 Å². The minimum Gasteiger partial charge on any atom is -0.358 e. The number of hydrogen-bond donors (Lipinski definition) is 2. The Bertz CT molecular complexity index is 321. The molecule has 4 heteroatoms. The maximum Gasteiger partial charge on any atom is 0.187 e. The topological polar surface area (TPSA) is 36.4 Å². The quantitative estimate of drug-likeness (QED) is 0.461. The molecule has 1 aliphatic carbocycles. The second-order valence-corrected chi connectivity index (χ2v) is 6.05. The van der Waals surface area contributed by atoms with Crippen LogP contribution >= 0.6 is 12.2 Å². The summed E-state index contributed by atoms with van der Waals surface area (Å²) >= 11 is 5.10. The first-order valence-corrected chi connectivity index (χ1v) is 6.54. The molecule has 1 fully saturated rings. The summed E-state index contributed by atoms with van der Waals surface area (Å²) in [6.07, 6.45) is 5.16. The van der Waals surface area contributed by atoms with Crippen molar-refractivity contribution in [1.29, 1.82) is 0 Å². The van der Waals surface area contributed by atoms with Gasteiger partial charge in [0.2, 0.25) is 0 Å². The van der Waals surface area contributed by atoms with E-state index >= 15 is 0 Å². The average molecular weight is 253 g/mol. The van der Waals surface area contributed by atoms with Crippen molar-refractivity contribution >= 4 is 23.0 Å². The van der Waals surface area contributed by atoms with Crippen molar-refractivity contribution in [2.45, 2.75) is 40.0 Å². The molecule has 2 N–H and O–H groups in total. The van der Waals surface area contributed by atoms with Gasteiger partial charge in [0.25, 0.3) is 0 Å². The lowest BCUT2D eigenvalue weighted by Gasteiger charge is -2.34. The van der Waals surface area contributed by atoms with Crippen molar-refractivity contribution in [2.75, 3.05) is 6.54 Å². The highest BCUT2D eigenvalue weighted by molar-refractivity contribution is 7.80. The van der Waals surface area contributed by atoms with Gasteiger partial charge < -0.3 is 5.32 Å². The second kappa shape index (κ2) is 6.15. The minimum atomic E-state index is 0.355. The lowest BCUT2D eigenvalue weighted by atomic mass is 9.72. The van der Waals surface area contributed by atoms with E-state index in [1.54, 1.807) is 6.08 Å². The molecule has 0 aromatic heterocycles. The molecule has 0 unspecified atom stereocenters. The second-order valence-electron chi connectivity index (χ2n) is 5.64. The Morgan fingerprint density at radius 3 is 2.94 bits per heavy atom. The van der Waals surface area contributed by atoms with Crippen LogP contribution in [0.2, 0.25) is 0 Å². The highest BCUT2D eigenvalue weighted by Gasteiger charge is 2.29. The van der Waals surface area contributed by atoms with Crippen molar-refractivity contribution in [1.82, 2.24) is 10.7 Å². The van der Waals surface area contributed by atoms with Crippen LogP contribution < -0.4 is 10.7 Å². The molecular formula is C13H23N3S. The molecule has 17 heavy (non-hydrogen) atoms. The Morgan fingerprint density at radius 2 is 2.35 bits per heavy atom. The summed E-state index contributed by atoms with van der Waals surface area (Å²) in [6, 6.07) is 0. The van der Waals surface area contributed by atoms with E-state index in [1.165, 1.54) is 12.1 Å². The van der Waals surface area contributed by atoms with E-state index in [2.05, 4.69) is 43.2 Å². The molecular weight excluding hydrogens is 230 g/mol. The summed E-state index contributed by atoms with van der Waals surface area (Å²) in [5, 5.41) is 7.97. The van der Waals surface area contributed by atoms with Crippen LogP contribution in [0.15, 0.2) is 17.8 Å². The number of thiocarbonyl (C=S) groups is 1. The van der Waals surface area contributed by atoms with Crippen LogP contribution in [-0.2, 0) is 0 Å². The molecule has 1 aliphatic rings. The van der Waals surface area contributed by atoms with Crippen LogP contribution in [0.4, 0.5) is 0 Å². The standard InChI is InChI=1S/C13H23N3S/c1-5-6-14-12(17)16-15-11-7-10(2)8-13(3,4)9-11/h5,10H,1,6-9H2,2-4H3,(H2,14,16,17)/b15-11-/t10-/m0/s1. The molecule has 0 bridgehead atoms. The Balaban J connectivity index is 2.48. The third-order valence-corrected chi connectivity index (χ3v) is 3.13. The van der Waals surface area contributed by atoms with Gasteiger partial charge in [0.15, 0.2) is 5.11 Å². The molecule has 0 aliphatic heterocycles. The van der Waals surface area contributed by atoms with E-state index in [1.807, 2.05) is 0 Å². The molecule has 96 valence electrons. The first-order valence-electron chi connectivity index (χ1n) is 6.13. The molecule has 0 spiro atoms. The first kappa shape index (κ1) is 14.2. The molecule has 1 atom stereocenters. The molecule has 0 saturated heterocycles. The normalized spacial score (nSPS) is 25.4. The zero-order valence-corrected chi connectivity index (χ0v) is 11.9. The number of hydrazone groups is 1. The van der Waals surface area contributed by atoms with Crippen molar-refractivity contribution in [2.24, 2.45) is 16.4 Å². The monoisotopic (exact) mass is 253 g/mol. The SMILES string of the molecule is C=CCNC(=S)N/N=C1/C[C@H](C)CC(C)(C)C1. The third kappa shape index (κ3) is 5.31. The molecule has 1 rings (SSSR count). The van der Waals surface area contributed by atoms with Gasteiger partial charge in [-0.05, 0) is 42.8 Å².